The van der Waals surface area contributed by atoms with E-state index < -0.39 is 0 Å². The van der Waals surface area contributed by atoms with Crippen LogP contribution in [-0.4, -0.2) is 20.7 Å². The number of hydrogen-bond acceptors (Lipinski definition) is 4. The van der Waals surface area contributed by atoms with Gasteiger partial charge in [0.05, 0.1) is 5.69 Å². The zero-order chi connectivity index (χ0) is 12.6. The molecule has 0 aromatic carbocycles. The van der Waals surface area contributed by atoms with E-state index in [-0.39, 0.29) is 5.91 Å². The first kappa shape index (κ1) is 11.4. The van der Waals surface area contributed by atoms with Crippen LogP contribution in [0.5, 0.6) is 0 Å². The van der Waals surface area contributed by atoms with Crippen LogP contribution in [0.3, 0.4) is 0 Å². The van der Waals surface area contributed by atoms with Gasteiger partial charge in [-0.25, -0.2) is 4.98 Å². The third kappa shape index (κ3) is 2.06. The normalized spacial score (nSPS) is 10.6. The average molecular weight is 233 g/mol. The number of hydrazine groups is 1. The van der Waals surface area contributed by atoms with E-state index in [2.05, 4.69) is 20.9 Å². The SMILES string of the molecule is CC(=O)NNc1cc(C)c2c(C)nn(C)c2n1. The predicted molar refractivity (Wildman–Crippen MR) is 65.4 cm³/mol. The molecular weight excluding hydrogens is 218 g/mol. The van der Waals surface area contributed by atoms with Crippen molar-refractivity contribution in [1.82, 2.24) is 20.2 Å². The van der Waals surface area contributed by atoms with Gasteiger partial charge in [-0.05, 0) is 25.5 Å². The van der Waals surface area contributed by atoms with Crippen LogP contribution in [0.2, 0.25) is 0 Å². The zero-order valence-corrected chi connectivity index (χ0v) is 10.3. The number of carbonyl (C=O) groups is 1. The van der Waals surface area contributed by atoms with Crippen LogP contribution in [0.15, 0.2) is 6.07 Å². The van der Waals surface area contributed by atoms with Crippen molar-refractivity contribution in [2.75, 3.05) is 5.43 Å². The van der Waals surface area contributed by atoms with Gasteiger partial charge in [0.2, 0.25) is 5.91 Å². The van der Waals surface area contributed by atoms with E-state index in [9.17, 15) is 4.79 Å². The van der Waals surface area contributed by atoms with Crippen LogP contribution >= 0.6 is 0 Å². The molecular formula is C11H15N5O. The number of nitrogens with zero attached hydrogens (tertiary/aromatic N) is 3. The first-order valence-electron chi connectivity index (χ1n) is 5.32. The standard InChI is InChI=1S/C11H15N5O/c1-6-5-9(14-13-8(3)17)12-11-10(6)7(2)15-16(11)4/h5H,1-4H3,(H,12,14)(H,13,17). The Balaban J connectivity index is 2.47. The molecule has 2 rings (SSSR count). The van der Waals surface area contributed by atoms with Crippen molar-refractivity contribution < 1.29 is 4.79 Å². The number of nitrogens with one attached hydrogen (secondary N) is 2. The molecule has 90 valence electrons. The van der Waals surface area contributed by atoms with Crippen molar-refractivity contribution >= 4 is 22.8 Å². The molecule has 2 heterocycles. The number of anilines is 1. The lowest BCUT2D eigenvalue weighted by molar-refractivity contribution is -0.118. The minimum absolute atomic E-state index is 0.161. The lowest BCUT2D eigenvalue weighted by atomic mass is 10.1. The highest BCUT2D eigenvalue weighted by Gasteiger charge is 2.10. The second kappa shape index (κ2) is 4.04. The molecule has 6 heteroatoms. The van der Waals surface area contributed by atoms with Crippen molar-refractivity contribution in [2.24, 2.45) is 7.05 Å². The van der Waals surface area contributed by atoms with Crippen molar-refractivity contribution in [3.8, 4) is 0 Å². The highest BCUT2D eigenvalue weighted by atomic mass is 16.2. The first-order valence-corrected chi connectivity index (χ1v) is 5.32. The molecule has 0 aliphatic rings. The van der Waals surface area contributed by atoms with E-state index in [4.69, 9.17) is 0 Å². The number of pyridine rings is 1. The van der Waals surface area contributed by atoms with Gasteiger partial charge in [0, 0.05) is 19.4 Å². The van der Waals surface area contributed by atoms with Crippen LogP contribution in [0.1, 0.15) is 18.2 Å². The molecule has 2 aromatic heterocycles. The van der Waals surface area contributed by atoms with Crippen LogP contribution in [0, 0.1) is 13.8 Å². The van der Waals surface area contributed by atoms with E-state index in [1.54, 1.807) is 4.68 Å². The second-order valence-electron chi connectivity index (χ2n) is 4.04. The predicted octanol–water partition coefficient (Wildman–Crippen LogP) is 1.05. The van der Waals surface area contributed by atoms with Crippen molar-refractivity contribution in [3.05, 3.63) is 17.3 Å². The van der Waals surface area contributed by atoms with Crippen molar-refractivity contribution in [3.63, 3.8) is 0 Å². The topological polar surface area (TPSA) is 71.8 Å². The van der Waals surface area contributed by atoms with Crippen molar-refractivity contribution in [2.45, 2.75) is 20.8 Å². The Labute approximate surface area is 99.0 Å². The van der Waals surface area contributed by atoms with Gasteiger partial charge in [0.15, 0.2) is 5.65 Å². The van der Waals surface area contributed by atoms with Gasteiger partial charge in [0.1, 0.15) is 5.82 Å². The van der Waals surface area contributed by atoms with E-state index in [0.717, 1.165) is 22.3 Å². The quantitative estimate of drug-likeness (QED) is 0.760. The van der Waals surface area contributed by atoms with Crippen LogP contribution < -0.4 is 10.9 Å². The maximum absolute atomic E-state index is 10.8. The highest BCUT2D eigenvalue weighted by molar-refractivity contribution is 5.84. The molecule has 0 spiro atoms. The Bertz CT molecular complexity index is 587. The van der Waals surface area contributed by atoms with E-state index >= 15 is 0 Å². The largest absolute Gasteiger partial charge is 0.282 e. The summed E-state index contributed by atoms with van der Waals surface area (Å²) in [6.45, 7) is 5.39. The molecule has 2 N–H and O–H groups in total. The molecule has 1 amide bonds. The minimum Gasteiger partial charge on any atom is -0.282 e. The summed E-state index contributed by atoms with van der Waals surface area (Å²) >= 11 is 0. The Morgan fingerprint density at radius 3 is 2.76 bits per heavy atom. The molecule has 0 aliphatic carbocycles. The smallest absolute Gasteiger partial charge is 0.235 e. The third-order valence-corrected chi connectivity index (χ3v) is 2.53. The number of hydrogen-bond donors (Lipinski definition) is 2. The number of fused-ring (bicyclic) bond motifs is 1. The first-order chi connectivity index (χ1) is 7.99. The Morgan fingerprint density at radius 1 is 1.41 bits per heavy atom. The maximum atomic E-state index is 10.8. The monoisotopic (exact) mass is 233 g/mol. The lowest BCUT2D eigenvalue weighted by Crippen LogP contribution is -2.27. The van der Waals surface area contributed by atoms with Crippen LogP contribution in [0.25, 0.3) is 11.0 Å². The average Bonchev–Trinajstić information content (AvgIpc) is 2.52. The summed E-state index contributed by atoms with van der Waals surface area (Å²) in [7, 11) is 1.85. The van der Waals surface area contributed by atoms with Gasteiger partial charge in [0.25, 0.3) is 0 Å². The summed E-state index contributed by atoms with van der Waals surface area (Å²) < 4.78 is 1.73. The Morgan fingerprint density at radius 2 is 2.12 bits per heavy atom. The molecule has 0 aliphatic heterocycles. The number of amides is 1. The number of rotatable bonds is 2. The fraction of sp³-hybridized carbons (Fsp3) is 0.364. The Hall–Kier alpha value is -2.11. The summed E-state index contributed by atoms with van der Waals surface area (Å²) in [4.78, 5) is 15.2. The van der Waals surface area contributed by atoms with Gasteiger partial charge in [-0.3, -0.25) is 20.3 Å². The summed E-state index contributed by atoms with van der Waals surface area (Å²) in [5.41, 5.74) is 8.10. The molecule has 0 fully saturated rings. The van der Waals surface area contributed by atoms with Crippen molar-refractivity contribution in [1.29, 1.82) is 0 Å². The third-order valence-electron chi connectivity index (χ3n) is 2.53. The van der Waals surface area contributed by atoms with Gasteiger partial charge >= 0.3 is 0 Å². The molecule has 17 heavy (non-hydrogen) atoms. The highest BCUT2D eigenvalue weighted by Crippen LogP contribution is 2.22. The summed E-state index contributed by atoms with van der Waals surface area (Å²) in [6, 6.07) is 1.88. The van der Waals surface area contributed by atoms with Crippen LogP contribution in [-0.2, 0) is 11.8 Å². The molecule has 0 bridgehead atoms. The molecule has 6 nitrogen and oxygen atoms in total. The fourth-order valence-electron chi connectivity index (χ4n) is 1.88. The van der Waals surface area contributed by atoms with E-state index in [0.29, 0.717) is 5.82 Å². The van der Waals surface area contributed by atoms with Gasteiger partial charge in [-0.15, -0.1) is 0 Å². The summed E-state index contributed by atoms with van der Waals surface area (Å²) in [5.74, 6) is 0.443. The molecule has 0 radical (unpaired) electrons. The second-order valence-corrected chi connectivity index (χ2v) is 4.04. The lowest BCUT2D eigenvalue weighted by Gasteiger charge is -2.07. The number of carbonyl (C=O) groups excluding carboxylic acids is 1. The maximum Gasteiger partial charge on any atom is 0.235 e. The Kier molecular flexibility index (Phi) is 2.71. The van der Waals surface area contributed by atoms with Gasteiger partial charge in [-0.1, -0.05) is 0 Å². The summed E-state index contributed by atoms with van der Waals surface area (Å²) in [6.07, 6.45) is 0. The van der Waals surface area contributed by atoms with E-state index in [1.807, 2.05) is 27.0 Å². The van der Waals surface area contributed by atoms with Gasteiger partial charge in [-0.2, -0.15) is 5.10 Å². The molecule has 0 unspecified atom stereocenters. The zero-order valence-electron chi connectivity index (χ0n) is 10.3. The number of aromatic nitrogens is 3. The molecule has 0 saturated heterocycles. The van der Waals surface area contributed by atoms with E-state index in [1.165, 1.54) is 6.92 Å². The summed E-state index contributed by atoms with van der Waals surface area (Å²) in [5, 5.41) is 5.38. The van der Waals surface area contributed by atoms with Crippen LogP contribution in [0.4, 0.5) is 5.82 Å². The molecule has 0 atom stereocenters. The van der Waals surface area contributed by atoms with Gasteiger partial charge < -0.3 is 0 Å². The molecule has 0 saturated carbocycles. The number of aryl methyl sites for hydroxylation is 3. The molecule has 2 aromatic rings. The minimum atomic E-state index is -0.161. The fourth-order valence-corrected chi connectivity index (χ4v) is 1.88.